The van der Waals surface area contributed by atoms with Crippen molar-refractivity contribution in [2.45, 2.75) is 52.2 Å². The van der Waals surface area contributed by atoms with Crippen LogP contribution in [0.25, 0.3) is 0 Å². The number of aromatic nitrogens is 2. The molecule has 2 aliphatic heterocycles. The van der Waals surface area contributed by atoms with Crippen LogP contribution in [0.15, 0.2) is 6.20 Å². The number of carbonyl (C=O) groups is 1. The van der Waals surface area contributed by atoms with Crippen molar-refractivity contribution in [3.63, 3.8) is 0 Å². The first-order valence-corrected chi connectivity index (χ1v) is 8.52. The molecule has 1 aromatic heterocycles. The summed E-state index contributed by atoms with van der Waals surface area (Å²) >= 11 is 0. The largest absolute Gasteiger partial charge is 0.379 e. The number of carbonyl (C=O) groups excluding carboxylic acids is 1. The Labute approximate surface area is 137 Å². The first kappa shape index (κ1) is 16.5. The number of piperidine rings is 1. The van der Waals surface area contributed by atoms with Crippen LogP contribution >= 0.6 is 0 Å². The molecule has 0 bridgehead atoms. The van der Waals surface area contributed by atoms with E-state index in [1.54, 1.807) is 0 Å². The molecule has 1 fully saturated rings. The molecule has 0 saturated carbocycles. The SMILES string of the molecule is CC(C)(C)CN1CCC[C@@](O)(CN2CCc3[nH]ncc3C2)C1=O. The maximum atomic E-state index is 12.8. The second kappa shape index (κ2) is 5.91. The molecule has 3 rings (SSSR count). The van der Waals surface area contributed by atoms with E-state index in [4.69, 9.17) is 0 Å². The number of amides is 1. The summed E-state index contributed by atoms with van der Waals surface area (Å²) in [6.45, 7) is 9.84. The molecule has 2 N–H and O–H groups in total. The van der Waals surface area contributed by atoms with Gasteiger partial charge in [-0.3, -0.25) is 14.8 Å². The number of β-amino-alcohol motifs (C(OH)–C–C–N with tert-alkyl or cyclic N) is 1. The lowest BCUT2D eigenvalue weighted by molar-refractivity contribution is -0.161. The van der Waals surface area contributed by atoms with E-state index in [-0.39, 0.29) is 11.3 Å². The monoisotopic (exact) mass is 320 g/mol. The van der Waals surface area contributed by atoms with Crippen molar-refractivity contribution in [2.24, 2.45) is 5.41 Å². The number of aliphatic hydroxyl groups is 1. The van der Waals surface area contributed by atoms with Gasteiger partial charge < -0.3 is 10.0 Å². The second-order valence-corrected chi connectivity index (χ2v) is 8.26. The molecule has 0 aliphatic carbocycles. The highest BCUT2D eigenvalue weighted by atomic mass is 16.3. The summed E-state index contributed by atoms with van der Waals surface area (Å²) in [5, 5.41) is 18.1. The Hall–Kier alpha value is -1.40. The first-order chi connectivity index (χ1) is 10.8. The van der Waals surface area contributed by atoms with Gasteiger partial charge in [-0.2, -0.15) is 5.10 Å². The Morgan fingerprint density at radius 1 is 1.39 bits per heavy atom. The number of hydrogen-bond acceptors (Lipinski definition) is 4. The van der Waals surface area contributed by atoms with Crippen molar-refractivity contribution in [1.29, 1.82) is 0 Å². The van der Waals surface area contributed by atoms with Crippen molar-refractivity contribution in [3.8, 4) is 0 Å². The first-order valence-electron chi connectivity index (χ1n) is 8.52. The molecule has 1 saturated heterocycles. The molecule has 1 aromatic rings. The number of fused-ring (bicyclic) bond motifs is 1. The predicted molar refractivity (Wildman–Crippen MR) is 87.8 cm³/mol. The Morgan fingerprint density at radius 2 is 2.17 bits per heavy atom. The zero-order chi connectivity index (χ0) is 16.7. The maximum Gasteiger partial charge on any atom is 0.255 e. The van der Waals surface area contributed by atoms with E-state index in [1.165, 1.54) is 11.3 Å². The van der Waals surface area contributed by atoms with Gasteiger partial charge in [0.25, 0.3) is 5.91 Å². The van der Waals surface area contributed by atoms with Crippen LogP contribution in [0.5, 0.6) is 0 Å². The fourth-order valence-electron chi connectivity index (χ4n) is 3.72. The van der Waals surface area contributed by atoms with Crippen LogP contribution in [0.1, 0.15) is 44.9 Å². The summed E-state index contributed by atoms with van der Waals surface area (Å²) in [5.74, 6) is -0.100. The van der Waals surface area contributed by atoms with E-state index in [0.29, 0.717) is 19.5 Å². The van der Waals surface area contributed by atoms with E-state index < -0.39 is 5.60 Å². The van der Waals surface area contributed by atoms with Crippen LogP contribution in [0.4, 0.5) is 0 Å². The Morgan fingerprint density at radius 3 is 2.91 bits per heavy atom. The highest BCUT2D eigenvalue weighted by Crippen LogP contribution is 2.28. The van der Waals surface area contributed by atoms with E-state index in [0.717, 1.165) is 32.5 Å². The zero-order valence-corrected chi connectivity index (χ0v) is 14.4. The number of nitrogens with zero attached hydrogens (tertiary/aromatic N) is 3. The third-order valence-corrected chi connectivity index (χ3v) is 4.73. The molecule has 0 unspecified atom stereocenters. The van der Waals surface area contributed by atoms with Gasteiger partial charge in [0.2, 0.25) is 0 Å². The zero-order valence-electron chi connectivity index (χ0n) is 14.4. The highest BCUT2D eigenvalue weighted by Gasteiger charge is 2.44. The minimum absolute atomic E-state index is 0.0464. The average Bonchev–Trinajstić information content (AvgIpc) is 2.90. The molecule has 3 heterocycles. The standard InChI is InChI=1S/C17H28N4O2/c1-16(2,3)11-21-7-4-6-17(23,15(21)22)12-20-8-5-14-13(10-20)9-18-19-14/h9,23H,4-8,10-12H2,1-3H3,(H,18,19)/t17-/m1/s1. The topological polar surface area (TPSA) is 72.5 Å². The fourth-order valence-corrected chi connectivity index (χ4v) is 3.72. The summed E-state index contributed by atoms with van der Waals surface area (Å²) in [6.07, 6.45) is 4.16. The van der Waals surface area contributed by atoms with Crippen molar-refractivity contribution < 1.29 is 9.90 Å². The molecular weight excluding hydrogens is 292 g/mol. The number of aromatic amines is 1. The number of rotatable bonds is 3. The summed E-state index contributed by atoms with van der Waals surface area (Å²) < 4.78 is 0. The van der Waals surface area contributed by atoms with Gasteiger partial charge in [-0.05, 0) is 18.3 Å². The van der Waals surface area contributed by atoms with Gasteiger partial charge in [-0.1, -0.05) is 20.8 Å². The average molecular weight is 320 g/mol. The predicted octanol–water partition coefficient (Wildman–Crippen LogP) is 1.17. The Bertz CT molecular complexity index is 577. The van der Waals surface area contributed by atoms with Crippen LogP contribution in [-0.2, 0) is 17.8 Å². The highest BCUT2D eigenvalue weighted by molar-refractivity contribution is 5.86. The third kappa shape index (κ3) is 3.58. The minimum atomic E-state index is -1.25. The molecule has 23 heavy (non-hydrogen) atoms. The fraction of sp³-hybridized carbons (Fsp3) is 0.765. The summed E-state index contributed by atoms with van der Waals surface area (Å²) in [5.41, 5.74) is 1.15. The van der Waals surface area contributed by atoms with E-state index >= 15 is 0 Å². The molecule has 0 spiro atoms. The van der Waals surface area contributed by atoms with Crippen LogP contribution in [0.3, 0.4) is 0 Å². The van der Waals surface area contributed by atoms with Crippen molar-refractivity contribution in [3.05, 3.63) is 17.5 Å². The molecule has 6 heteroatoms. The van der Waals surface area contributed by atoms with Gasteiger partial charge in [0.05, 0.1) is 6.20 Å². The second-order valence-electron chi connectivity index (χ2n) is 8.26. The number of nitrogens with one attached hydrogen (secondary N) is 1. The van der Waals surface area contributed by atoms with Gasteiger partial charge >= 0.3 is 0 Å². The lowest BCUT2D eigenvalue weighted by atomic mass is 9.88. The quantitative estimate of drug-likeness (QED) is 0.877. The van der Waals surface area contributed by atoms with Crippen LogP contribution in [0, 0.1) is 5.41 Å². The van der Waals surface area contributed by atoms with Crippen molar-refractivity contribution in [2.75, 3.05) is 26.2 Å². The Kier molecular flexibility index (Phi) is 4.23. The smallest absolute Gasteiger partial charge is 0.255 e. The molecular formula is C17H28N4O2. The van der Waals surface area contributed by atoms with E-state index in [1.807, 2.05) is 11.1 Å². The summed E-state index contributed by atoms with van der Waals surface area (Å²) in [7, 11) is 0. The normalized spacial score (nSPS) is 26.4. The summed E-state index contributed by atoms with van der Waals surface area (Å²) in [6, 6.07) is 0. The molecule has 6 nitrogen and oxygen atoms in total. The van der Waals surface area contributed by atoms with Crippen molar-refractivity contribution >= 4 is 5.91 Å². The van der Waals surface area contributed by atoms with Gasteiger partial charge in [0.1, 0.15) is 0 Å². The van der Waals surface area contributed by atoms with Crippen molar-refractivity contribution in [1.82, 2.24) is 20.0 Å². The van der Waals surface area contributed by atoms with Gasteiger partial charge in [-0.15, -0.1) is 0 Å². The molecule has 2 aliphatic rings. The van der Waals surface area contributed by atoms with E-state index in [2.05, 4.69) is 35.9 Å². The van der Waals surface area contributed by atoms with Gasteiger partial charge in [0, 0.05) is 50.4 Å². The molecule has 128 valence electrons. The van der Waals surface area contributed by atoms with Gasteiger partial charge in [0.15, 0.2) is 5.60 Å². The number of likely N-dealkylation sites (tertiary alicyclic amines) is 1. The lowest BCUT2D eigenvalue weighted by Gasteiger charge is -2.43. The van der Waals surface area contributed by atoms with Crippen LogP contribution < -0.4 is 0 Å². The molecule has 1 atom stereocenters. The lowest BCUT2D eigenvalue weighted by Crippen LogP contribution is -2.60. The van der Waals surface area contributed by atoms with Crippen LogP contribution in [0.2, 0.25) is 0 Å². The maximum absolute atomic E-state index is 12.8. The number of hydrogen-bond donors (Lipinski definition) is 2. The molecule has 0 radical (unpaired) electrons. The molecule has 0 aromatic carbocycles. The van der Waals surface area contributed by atoms with Gasteiger partial charge in [-0.25, -0.2) is 0 Å². The number of H-pyrrole nitrogens is 1. The minimum Gasteiger partial charge on any atom is -0.379 e. The van der Waals surface area contributed by atoms with E-state index in [9.17, 15) is 9.90 Å². The molecule has 1 amide bonds. The van der Waals surface area contributed by atoms with Crippen LogP contribution in [-0.4, -0.2) is 62.8 Å². The Balaban J connectivity index is 1.67. The summed E-state index contributed by atoms with van der Waals surface area (Å²) in [4.78, 5) is 16.8. The third-order valence-electron chi connectivity index (χ3n) is 4.73.